The zero-order valence-corrected chi connectivity index (χ0v) is 36.5. The van der Waals surface area contributed by atoms with E-state index < -0.39 is 17.4 Å². The molecular formula is C49H72N2O6. The second-order valence-electron chi connectivity index (χ2n) is 21.5. The van der Waals surface area contributed by atoms with E-state index in [4.69, 9.17) is 4.74 Å². The number of ether oxygens (including phenoxy) is 1. The van der Waals surface area contributed by atoms with E-state index in [0.29, 0.717) is 42.3 Å². The Morgan fingerprint density at radius 1 is 0.930 bits per heavy atom. The van der Waals surface area contributed by atoms with Crippen LogP contribution in [0.2, 0.25) is 0 Å². The van der Waals surface area contributed by atoms with Crippen molar-refractivity contribution in [3.05, 3.63) is 47.0 Å². The highest BCUT2D eigenvalue weighted by molar-refractivity contribution is 6.00. The van der Waals surface area contributed by atoms with Crippen molar-refractivity contribution in [1.82, 2.24) is 9.80 Å². The van der Waals surface area contributed by atoms with Crippen LogP contribution in [0.15, 0.2) is 41.5 Å². The van der Waals surface area contributed by atoms with E-state index in [-0.39, 0.29) is 46.0 Å². The first-order valence-electron chi connectivity index (χ1n) is 22.6. The van der Waals surface area contributed by atoms with Crippen LogP contribution in [-0.4, -0.2) is 70.8 Å². The maximum absolute atomic E-state index is 14.2. The number of Topliss-reactive ketones (excluding diaryl/α,β-unsaturated/α-hetero) is 1. The number of hydrogen-bond donors (Lipinski definition) is 1. The van der Waals surface area contributed by atoms with Gasteiger partial charge in [-0.15, -0.1) is 0 Å². The predicted molar refractivity (Wildman–Crippen MR) is 223 cm³/mol. The molecule has 0 radical (unpaired) electrons. The maximum atomic E-state index is 14.2. The van der Waals surface area contributed by atoms with E-state index in [1.807, 2.05) is 4.90 Å². The molecule has 314 valence electrons. The first-order chi connectivity index (χ1) is 26.8. The summed E-state index contributed by atoms with van der Waals surface area (Å²) >= 11 is 0. The molecule has 57 heavy (non-hydrogen) atoms. The van der Waals surface area contributed by atoms with Crippen molar-refractivity contribution in [3.63, 3.8) is 0 Å². The second kappa shape index (κ2) is 15.6. The van der Waals surface area contributed by atoms with E-state index >= 15 is 0 Å². The van der Waals surface area contributed by atoms with Crippen molar-refractivity contribution in [2.24, 2.45) is 56.7 Å². The molecule has 7 rings (SSSR count). The molecule has 8 atom stereocenters. The van der Waals surface area contributed by atoms with Gasteiger partial charge in [0.2, 0.25) is 5.91 Å². The van der Waals surface area contributed by atoms with Crippen LogP contribution in [0.25, 0.3) is 0 Å². The molecule has 1 aliphatic heterocycles. The number of carboxylic acids is 1. The average molecular weight is 785 g/mol. The topological polar surface area (TPSA) is 104 Å². The number of rotatable bonds is 13. The quantitative estimate of drug-likeness (QED) is 0.199. The van der Waals surface area contributed by atoms with Gasteiger partial charge in [0, 0.05) is 49.9 Å². The summed E-state index contributed by atoms with van der Waals surface area (Å²) in [5, 5.41) is 9.64. The minimum atomic E-state index is -1.15. The van der Waals surface area contributed by atoms with Gasteiger partial charge in [0.25, 0.3) is 0 Å². The lowest BCUT2D eigenvalue weighted by Gasteiger charge is -2.69. The normalized spacial score (nSPS) is 34.9. The Labute approximate surface area is 342 Å². The van der Waals surface area contributed by atoms with Crippen LogP contribution in [-0.2, 0) is 30.5 Å². The van der Waals surface area contributed by atoms with E-state index in [2.05, 4.69) is 76.8 Å². The van der Waals surface area contributed by atoms with Gasteiger partial charge in [-0.05, 0) is 136 Å². The third-order valence-electron chi connectivity index (χ3n) is 17.1. The lowest BCUT2D eigenvalue weighted by atomic mass is 9.36. The molecule has 5 fully saturated rings. The highest BCUT2D eigenvalue weighted by Crippen LogP contribution is 2.73. The molecule has 6 aliphatic rings. The van der Waals surface area contributed by atoms with Crippen molar-refractivity contribution in [2.75, 3.05) is 26.2 Å². The van der Waals surface area contributed by atoms with Gasteiger partial charge in [0.15, 0.2) is 5.78 Å². The standard InChI is InChI=1S/C49H72N2O6/c1-32(2)42-36(52)29-49(24-26-50(31-33-13-10-9-11-14-33)27-28-51-25-12-15-40(51)53)23-18-35-34(43(42)49)16-17-38-47(35,7)21-19-37-46(5,6)39(20-22-48(37,38)8)57-41(54)30-45(3,4)44(55)56/h9-11,13-14,32,34-35,37-39H,12,15-31H2,1-8H3,(H,55,56). The summed E-state index contributed by atoms with van der Waals surface area (Å²) in [5.41, 5.74) is 2.83. The van der Waals surface area contributed by atoms with Crippen LogP contribution >= 0.6 is 0 Å². The first-order valence-corrected chi connectivity index (χ1v) is 22.6. The highest BCUT2D eigenvalue weighted by atomic mass is 16.5. The SMILES string of the molecule is CC(C)C1=C2C3CCC4C(C)(CCC5C(C)(C)C(OC(=O)CC(C)(C)C(=O)O)CCC54C)C3CCC2(CCN(CCN2CCCC2=O)Cc2ccccc2)CC1=O. The Kier molecular flexibility index (Phi) is 11.5. The van der Waals surface area contributed by atoms with Gasteiger partial charge in [-0.2, -0.15) is 0 Å². The fourth-order valence-electron chi connectivity index (χ4n) is 14.2. The molecule has 8 unspecified atom stereocenters. The zero-order chi connectivity index (χ0) is 41.1. The van der Waals surface area contributed by atoms with Crippen LogP contribution in [0.3, 0.4) is 0 Å². The summed E-state index contributed by atoms with van der Waals surface area (Å²) in [7, 11) is 0. The van der Waals surface area contributed by atoms with Gasteiger partial charge in [-0.3, -0.25) is 24.1 Å². The predicted octanol–water partition coefficient (Wildman–Crippen LogP) is 9.50. The molecule has 1 aromatic rings. The van der Waals surface area contributed by atoms with Crippen molar-refractivity contribution < 1.29 is 29.0 Å². The number of nitrogens with zero attached hydrogens (tertiary/aromatic N) is 2. The number of aliphatic carboxylic acids is 1. The van der Waals surface area contributed by atoms with Crippen LogP contribution < -0.4 is 0 Å². The van der Waals surface area contributed by atoms with Crippen molar-refractivity contribution >= 4 is 23.6 Å². The minimum absolute atomic E-state index is 0.0836. The van der Waals surface area contributed by atoms with Crippen molar-refractivity contribution in [2.45, 2.75) is 152 Å². The van der Waals surface area contributed by atoms with Gasteiger partial charge in [-0.1, -0.05) is 77.4 Å². The van der Waals surface area contributed by atoms with Gasteiger partial charge in [-0.25, -0.2) is 0 Å². The molecule has 1 heterocycles. The molecule has 8 nitrogen and oxygen atoms in total. The van der Waals surface area contributed by atoms with E-state index in [0.717, 1.165) is 89.7 Å². The monoisotopic (exact) mass is 785 g/mol. The number of ketones is 1. The molecule has 8 heteroatoms. The van der Waals surface area contributed by atoms with Crippen LogP contribution in [0, 0.1) is 56.7 Å². The third kappa shape index (κ3) is 7.56. The van der Waals surface area contributed by atoms with Crippen molar-refractivity contribution in [1.29, 1.82) is 0 Å². The molecule has 0 spiro atoms. The number of allylic oxidation sites excluding steroid dienone is 2. The molecule has 4 saturated carbocycles. The average Bonchev–Trinajstić information content (AvgIpc) is 3.69. The molecule has 1 saturated heterocycles. The second-order valence-corrected chi connectivity index (χ2v) is 21.5. The Morgan fingerprint density at radius 3 is 2.32 bits per heavy atom. The van der Waals surface area contributed by atoms with E-state index in [1.165, 1.54) is 18.4 Å². The number of likely N-dealkylation sites (tertiary alicyclic amines) is 1. The fraction of sp³-hybridized carbons (Fsp3) is 0.755. The highest BCUT2D eigenvalue weighted by Gasteiger charge is 2.66. The molecule has 0 bridgehead atoms. The zero-order valence-electron chi connectivity index (χ0n) is 36.5. The summed E-state index contributed by atoms with van der Waals surface area (Å²) in [4.78, 5) is 56.3. The Morgan fingerprint density at radius 2 is 1.65 bits per heavy atom. The minimum Gasteiger partial charge on any atom is -0.481 e. The number of amides is 1. The fourth-order valence-corrected chi connectivity index (χ4v) is 14.2. The number of benzene rings is 1. The first kappa shape index (κ1) is 42.1. The number of carbonyl (C=O) groups is 4. The number of carbonyl (C=O) groups excluding carboxylic acids is 3. The molecule has 1 N–H and O–H groups in total. The Balaban J connectivity index is 1.11. The van der Waals surface area contributed by atoms with E-state index in [1.54, 1.807) is 19.4 Å². The Hall–Kier alpha value is -3.00. The largest absolute Gasteiger partial charge is 0.481 e. The summed E-state index contributed by atoms with van der Waals surface area (Å²) in [6.45, 7) is 21.7. The van der Waals surface area contributed by atoms with Gasteiger partial charge < -0.3 is 14.7 Å². The molecule has 5 aliphatic carbocycles. The lowest BCUT2D eigenvalue weighted by molar-refractivity contribution is -0.214. The molecule has 0 aromatic heterocycles. The molecule has 1 aromatic carbocycles. The molecular weight excluding hydrogens is 713 g/mol. The van der Waals surface area contributed by atoms with Gasteiger partial charge in [0.1, 0.15) is 6.10 Å². The van der Waals surface area contributed by atoms with Gasteiger partial charge >= 0.3 is 11.9 Å². The summed E-state index contributed by atoms with van der Waals surface area (Å²) < 4.78 is 6.19. The Bertz CT molecular complexity index is 1750. The number of esters is 1. The number of fused-ring (bicyclic) bond motifs is 7. The summed E-state index contributed by atoms with van der Waals surface area (Å²) in [6, 6.07) is 10.7. The maximum Gasteiger partial charge on any atom is 0.309 e. The van der Waals surface area contributed by atoms with Gasteiger partial charge in [0.05, 0.1) is 11.8 Å². The van der Waals surface area contributed by atoms with Crippen LogP contribution in [0.5, 0.6) is 0 Å². The summed E-state index contributed by atoms with van der Waals surface area (Å²) in [6.07, 6.45) is 11.6. The van der Waals surface area contributed by atoms with Crippen molar-refractivity contribution in [3.8, 4) is 0 Å². The third-order valence-corrected chi connectivity index (χ3v) is 17.1. The number of carboxylic acid groups (broad SMARTS) is 1. The number of hydrogen-bond acceptors (Lipinski definition) is 6. The molecule has 1 amide bonds. The smallest absolute Gasteiger partial charge is 0.309 e. The van der Waals surface area contributed by atoms with E-state index in [9.17, 15) is 24.3 Å². The van der Waals surface area contributed by atoms with Crippen LogP contribution in [0.4, 0.5) is 0 Å². The van der Waals surface area contributed by atoms with Crippen LogP contribution in [0.1, 0.15) is 144 Å². The summed E-state index contributed by atoms with van der Waals surface area (Å²) in [5.74, 6) is 1.47. The lowest BCUT2D eigenvalue weighted by Crippen LogP contribution is -2.63.